The molecule has 0 radical (unpaired) electrons. The third kappa shape index (κ3) is 11.5. The van der Waals surface area contributed by atoms with Crippen molar-refractivity contribution in [3.05, 3.63) is 394 Å². The van der Waals surface area contributed by atoms with E-state index in [1.165, 1.54) is 105 Å². The first-order valence-electron chi connectivity index (χ1n) is 43.6. The molecule has 0 saturated heterocycles. The fourth-order valence-electron chi connectivity index (χ4n) is 22.2. The molecule has 0 atom stereocenters. The second kappa shape index (κ2) is 29.9. The van der Waals surface area contributed by atoms with Crippen molar-refractivity contribution in [2.75, 3.05) is 0 Å². The van der Waals surface area contributed by atoms with Crippen LogP contribution in [0.2, 0.25) is 0 Å². The van der Waals surface area contributed by atoms with Gasteiger partial charge in [0, 0.05) is 32.9 Å². The Hall–Kier alpha value is -14.7. The summed E-state index contributed by atoms with van der Waals surface area (Å²) in [6.07, 6.45) is 0. The zero-order chi connectivity index (χ0) is 86.3. The molecule has 8 aliphatic rings. The quantitative estimate of drug-likeness (QED) is 0.0999. The Balaban J connectivity index is 0.0000000948. The first-order valence-corrected chi connectivity index (χ1v) is 50.9. The fraction of sp³-hybridized carbons (Fsp3) is 0.0182. The van der Waals surface area contributed by atoms with Gasteiger partial charge in [-0.25, -0.2) is 0 Å². The minimum Gasteiger partial charge on any atom is -1.00 e. The van der Waals surface area contributed by atoms with Gasteiger partial charge in [0.1, 0.15) is 23.0 Å². The standard InChI is InChI=1S/2C30H18BF2IN2O.2C25H16BNO.2FH/c32-34(33,35-19-10-2-1-3-11-19)24-18-21-20-12-4-7-15-25(20)36-26-16-8-5-13-22(26)31-23-14-6-9-17-27(23)37-30(24)28(31)29(21)36;32-34(33,35-19-9-2-1-3-10-19)24-14-8-13-23-30(24)37-27-18-17-21-20-11-4-6-15-25(20)36-26-16-7-5-12-22(26)31(23)28(27)29(21)36;1-15-10-12-22-19(14-15)26-18-7-3-5-9-21(18)27-20-8-4-2-6-16(20)17-11-13-23(28-22)24(26)25(17)27;1-15-10-12-19-23(14-15)28-22-13-11-17-16-6-2-4-8-20(16)27-21-9-5-3-7-18(21)26(19)24(22)25(17)27;;/h2*1-18H;2*2-14H,1H3;2*1H/p-2. The van der Waals surface area contributed by atoms with Crippen molar-refractivity contribution < 1.29 is 39.8 Å². The van der Waals surface area contributed by atoms with Crippen LogP contribution < -0.4 is 93.9 Å². The molecule has 132 heavy (non-hydrogen) atoms. The van der Waals surface area contributed by atoms with E-state index < -0.39 is 38.8 Å². The summed E-state index contributed by atoms with van der Waals surface area (Å²) in [6.45, 7) is 4.27. The van der Waals surface area contributed by atoms with E-state index >= 15 is 11.4 Å². The van der Waals surface area contributed by atoms with E-state index in [1.54, 1.807) is 72.8 Å². The molecule has 0 fully saturated rings. The molecular formula is C110H68B4F6I2N6O4-2. The van der Waals surface area contributed by atoms with Gasteiger partial charge in [-0.15, -0.1) is 0 Å². The van der Waals surface area contributed by atoms with Crippen LogP contribution in [0.15, 0.2) is 382 Å². The van der Waals surface area contributed by atoms with Crippen LogP contribution in [0.4, 0.5) is 22.8 Å². The maximum atomic E-state index is 16.3. The molecule has 0 amide bonds. The van der Waals surface area contributed by atoms with Gasteiger partial charge in [-0.05, 0) is 113 Å². The number of aromatic nitrogens is 4. The minimum absolute atomic E-state index is 0. The maximum Gasteiger partial charge on any atom is -1.00 e. The molecule has 22 heteroatoms. The summed E-state index contributed by atoms with van der Waals surface area (Å²) in [5.41, 5.74) is 30.6. The van der Waals surface area contributed by atoms with Gasteiger partial charge in [-0.1, -0.05) is 103 Å². The van der Waals surface area contributed by atoms with Crippen LogP contribution in [-0.4, -0.2) is 45.1 Å². The number of halogens is 8. The summed E-state index contributed by atoms with van der Waals surface area (Å²) < 4.78 is 107. The number of aryl methyl sites for hydroxylation is 2. The number of para-hydroxylation sites is 10. The van der Waals surface area contributed by atoms with Crippen LogP contribution in [0.1, 0.15) is 11.1 Å². The predicted octanol–water partition coefficient (Wildman–Crippen LogP) is 16.5. The molecule has 0 saturated carbocycles. The average Bonchev–Trinajstić information content (AvgIpc) is 1.45. The van der Waals surface area contributed by atoms with Gasteiger partial charge in [0.15, 0.2) is 0 Å². The van der Waals surface area contributed by atoms with Gasteiger partial charge in [-0.2, -0.15) is 0 Å². The average molecular weight is 1950 g/mol. The predicted molar refractivity (Wildman–Crippen MR) is 544 cm³/mol. The molecule has 8 aliphatic heterocycles. The molecule has 0 unspecified atom stereocenters. The van der Waals surface area contributed by atoms with Crippen molar-refractivity contribution in [1.82, 2.24) is 18.3 Å². The van der Waals surface area contributed by atoms with E-state index in [2.05, 4.69) is 251 Å². The van der Waals surface area contributed by atoms with Gasteiger partial charge in [0.2, 0.25) is 0 Å². The third-order valence-electron chi connectivity index (χ3n) is 27.3. The number of nitrogens with zero attached hydrogens (tertiary/aromatic N) is 6. The van der Waals surface area contributed by atoms with E-state index in [4.69, 9.17) is 18.9 Å². The van der Waals surface area contributed by atoms with Gasteiger partial charge in [0.05, 0.1) is 22.1 Å². The second-order valence-corrected chi connectivity index (χ2v) is 42.3. The Kier molecular flexibility index (Phi) is 18.0. The van der Waals surface area contributed by atoms with Crippen LogP contribution in [-0.2, 0) is 0 Å². The van der Waals surface area contributed by atoms with Gasteiger partial charge >= 0.3 is 436 Å². The molecule has 22 aromatic rings. The van der Waals surface area contributed by atoms with E-state index in [0.29, 0.717) is 22.9 Å². The number of hydrogen-bond acceptors (Lipinski definition) is 6. The van der Waals surface area contributed by atoms with Crippen LogP contribution >= 0.6 is 38.8 Å². The molecule has 0 bridgehead atoms. The zero-order valence-electron chi connectivity index (χ0n) is 70.4. The molecule has 0 spiro atoms. The van der Waals surface area contributed by atoms with Crippen LogP contribution in [0.25, 0.3) is 110 Å². The molecule has 0 N–H and O–H groups in total. The Morgan fingerprint density at radius 2 is 0.568 bits per heavy atom. The number of rotatable bonds is 4. The smallest absolute Gasteiger partial charge is 1.00 e. The van der Waals surface area contributed by atoms with Crippen molar-refractivity contribution in [3.63, 3.8) is 0 Å². The molecule has 0 aliphatic carbocycles. The Bertz CT molecular complexity index is 8890. The molecule has 12 heterocycles. The van der Waals surface area contributed by atoms with E-state index in [-0.39, 0.29) is 54.9 Å². The van der Waals surface area contributed by atoms with Gasteiger partial charge in [0.25, 0.3) is 13.4 Å². The molecule has 4 aromatic heterocycles. The number of fused-ring (bicyclic) bond motifs is 32. The van der Waals surface area contributed by atoms with Gasteiger partial charge < -0.3 is 28.0 Å². The minimum atomic E-state index is -5.86. The van der Waals surface area contributed by atoms with Gasteiger partial charge in [-0.3, -0.25) is 0 Å². The summed E-state index contributed by atoms with van der Waals surface area (Å²) >= 11 is -11.6. The monoisotopic (exact) mass is 1950 g/mol. The molecule has 18 aromatic carbocycles. The van der Waals surface area contributed by atoms with E-state index in [0.717, 1.165) is 111 Å². The largest absolute Gasteiger partial charge is 1.00 e. The Labute approximate surface area is 764 Å². The van der Waals surface area contributed by atoms with Crippen molar-refractivity contribution in [3.8, 4) is 68.7 Å². The first kappa shape index (κ1) is 79.4. The molecular weight excluding hydrogens is 1880 g/mol. The van der Waals surface area contributed by atoms with E-state index in [1.807, 2.05) is 84.9 Å². The maximum absolute atomic E-state index is 16.3. The van der Waals surface area contributed by atoms with Crippen molar-refractivity contribution >= 4 is 230 Å². The molecule has 632 valence electrons. The van der Waals surface area contributed by atoms with E-state index in [9.17, 15) is 0 Å². The summed E-state index contributed by atoms with van der Waals surface area (Å²) in [4.78, 5) is 0. The number of ether oxygens (including phenoxy) is 4. The SMILES string of the molecule is Cc1ccc2c(c1)B1c3ccccc3-n3c4ccccc4c4ccc(c1c43)O2.Cc1ccc2c(c1)Oc1ccc3c4ccccc4n4c3c1B2c1ccccc1-4.FI(F)(=Nc1ccccc1)c1cc2c3ccccc3n3c2c2c1Oc1ccccc1B2c1ccccc1-3.FI(F)(=Nc1ccccc1)c1cccc2c1Oc1ccc3c4ccccc4n4c3c1B2c1ccccc1-4.[F-].[F-]. The number of hydrogen-bond donors (Lipinski definition) is 0. The van der Waals surface area contributed by atoms with Crippen molar-refractivity contribution in [2.24, 2.45) is 6.29 Å². The summed E-state index contributed by atoms with van der Waals surface area (Å²) in [5, 5.41) is 9.26. The topological polar surface area (TPSA) is 81.4 Å². The summed E-state index contributed by atoms with van der Waals surface area (Å²) in [7, 11) is 0. The zero-order valence-corrected chi connectivity index (χ0v) is 74.8. The normalized spacial score (nSPS) is 13.4. The molecule has 10 nitrogen and oxygen atoms in total. The number of benzene rings is 18. The second-order valence-electron chi connectivity index (χ2n) is 34.3. The van der Waals surface area contributed by atoms with Crippen LogP contribution in [0, 0.1) is 21.0 Å². The third-order valence-corrected chi connectivity index (χ3v) is 34.1. The summed E-state index contributed by atoms with van der Waals surface area (Å²) in [5.74, 6) is 5.71. The van der Waals surface area contributed by atoms with Crippen molar-refractivity contribution in [2.45, 2.75) is 13.8 Å². The first-order chi connectivity index (χ1) is 63.9. The summed E-state index contributed by atoms with van der Waals surface area (Å²) in [6, 6.07) is 126. The van der Waals surface area contributed by atoms with Crippen LogP contribution in [0.3, 0.4) is 0 Å². The Morgan fingerprint density at radius 3 is 1.06 bits per heavy atom. The molecule has 30 rings (SSSR count). The Morgan fingerprint density at radius 1 is 0.235 bits per heavy atom. The van der Waals surface area contributed by atoms with Crippen molar-refractivity contribution in [1.29, 1.82) is 0 Å². The van der Waals surface area contributed by atoms with Crippen LogP contribution in [0.5, 0.6) is 46.0 Å². The fourth-order valence-corrected chi connectivity index (χ4v) is 28.1.